The lowest BCUT2D eigenvalue weighted by atomic mass is 9.84. The van der Waals surface area contributed by atoms with Gasteiger partial charge in [-0.3, -0.25) is 9.59 Å². The summed E-state index contributed by atoms with van der Waals surface area (Å²) < 4.78 is 45.9. The largest absolute Gasteiger partial charge is 0.496 e. The first-order valence-corrected chi connectivity index (χ1v) is 15.9. The van der Waals surface area contributed by atoms with Gasteiger partial charge in [0.05, 0.1) is 14.2 Å². The monoisotopic (exact) mass is 657 g/mol. The van der Waals surface area contributed by atoms with Crippen LogP contribution in [-0.4, -0.2) is 30.4 Å². The van der Waals surface area contributed by atoms with Crippen LogP contribution in [0.4, 0.5) is 14.5 Å². The normalized spacial score (nSPS) is 11.6. The average molecular weight is 658 g/mol. The molecule has 0 saturated carbocycles. The first-order chi connectivity index (χ1) is 22.7. The number of ether oxygens (including phenoxy) is 2. The highest BCUT2D eigenvalue weighted by atomic mass is 19.1. The van der Waals surface area contributed by atoms with Gasteiger partial charge in [0.2, 0.25) is 0 Å². The van der Waals surface area contributed by atoms with Crippen molar-refractivity contribution >= 4 is 16.5 Å². The number of aryl methyl sites for hydroxylation is 3. The molecule has 1 N–H and O–H groups in total. The van der Waals surface area contributed by atoms with Crippen molar-refractivity contribution in [1.29, 1.82) is 0 Å². The number of methoxy groups -OCH3 is 2. The predicted molar refractivity (Wildman–Crippen MR) is 186 cm³/mol. The summed E-state index contributed by atoms with van der Waals surface area (Å²) in [7, 11) is 6.36. The van der Waals surface area contributed by atoms with Crippen molar-refractivity contribution in [3.8, 4) is 33.8 Å². The molecule has 0 radical (unpaired) electrons. The van der Waals surface area contributed by atoms with Crippen molar-refractivity contribution < 1.29 is 22.8 Å². The molecule has 0 saturated heterocycles. The van der Waals surface area contributed by atoms with Gasteiger partial charge in [-0.05, 0) is 60.2 Å². The van der Waals surface area contributed by atoms with Gasteiger partial charge in [-0.1, -0.05) is 20.8 Å². The highest BCUT2D eigenvalue weighted by Crippen LogP contribution is 2.42. The van der Waals surface area contributed by atoms with Crippen LogP contribution < -0.4 is 30.5 Å². The molecule has 3 aromatic heterocycles. The van der Waals surface area contributed by atoms with Gasteiger partial charge in [0.25, 0.3) is 11.1 Å². The topological polar surface area (TPSA) is 78.4 Å². The summed E-state index contributed by atoms with van der Waals surface area (Å²) in [5.41, 5.74) is 4.48. The number of benzene rings is 2. The minimum absolute atomic E-state index is 0.0627. The second-order valence-electron chi connectivity index (χ2n) is 13.2. The number of hydrogen-bond donors (Lipinski definition) is 1. The predicted octanol–water partition coefficient (Wildman–Crippen LogP) is 6.66. The van der Waals surface area contributed by atoms with E-state index >= 15 is 0 Å². The number of fused-ring (bicyclic) bond motifs is 1. The number of aromatic nitrogens is 3. The number of rotatable bonds is 9. The molecule has 0 aliphatic carbocycles. The van der Waals surface area contributed by atoms with Gasteiger partial charge in [-0.25, -0.2) is 13.3 Å². The summed E-state index contributed by atoms with van der Waals surface area (Å²) in [5, 5.41) is 3.54. The van der Waals surface area contributed by atoms with E-state index < -0.39 is 11.6 Å². The quantitative estimate of drug-likeness (QED) is 0.179. The van der Waals surface area contributed by atoms with E-state index in [1.807, 2.05) is 42.9 Å². The van der Waals surface area contributed by atoms with Gasteiger partial charge >= 0.3 is 0 Å². The van der Waals surface area contributed by atoms with E-state index in [-0.39, 0.29) is 22.2 Å². The SMILES string of the molecule is CNc1c(F)cc(-c2cn(C)c(=O)c3c[n+](CCCn4cc(-c5cc(OC)c(C(C)(C)C)c(OC)c5)c(C)c(C)c4=O)ccc23)cc1F. The smallest absolute Gasteiger partial charge is 0.264 e. The Bertz CT molecular complexity index is 2110. The summed E-state index contributed by atoms with van der Waals surface area (Å²) in [6.07, 6.45) is 7.67. The Morgan fingerprint density at radius 1 is 0.854 bits per heavy atom. The summed E-state index contributed by atoms with van der Waals surface area (Å²) in [6.45, 7) is 11.1. The molecule has 10 heteroatoms. The summed E-state index contributed by atoms with van der Waals surface area (Å²) >= 11 is 0. The van der Waals surface area contributed by atoms with Crippen molar-refractivity contribution in [3.63, 3.8) is 0 Å². The van der Waals surface area contributed by atoms with Gasteiger partial charge in [-0.2, -0.15) is 0 Å². The molecule has 0 aliphatic rings. The van der Waals surface area contributed by atoms with E-state index in [0.717, 1.165) is 33.8 Å². The van der Waals surface area contributed by atoms with E-state index in [1.165, 1.54) is 23.7 Å². The minimum atomic E-state index is -0.717. The van der Waals surface area contributed by atoms with Crippen LogP contribution in [0.3, 0.4) is 0 Å². The third-order valence-corrected chi connectivity index (χ3v) is 9.00. The molecule has 48 heavy (non-hydrogen) atoms. The zero-order valence-electron chi connectivity index (χ0n) is 29.0. The second kappa shape index (κ2) is 13.3. The highest BCUT2D eigenvalue weighted by molar-refractivity contribution is 5.95. The van der Waals surface area contributed by atoms with Crippen molar-refractivity contribution in [2.45, 2.75) is 59.5 Å². The number of anilines is 1. The van der Waals surface area contributed by atoms with Gasteiger partial charge in [0, 0.05) is 73.2 Å². The van der Waals surface area contributed by atoms with Crippen LogP contribution in [0.25, 0.3) is 33.0 Å². The Hall–Kier alpha value is -4.99. The van der Waals surface area contributed by atoms with E-state index in [1.54, 1.807) is 44.3 Å². The number of nitrogens with zero attached hydrogens (tertiary/aromatic N) is 3. The van der Waals surface area contributed by atoms with Crippen molar-refractivity contribution in [2.24, 2.45) is 7.05 Å². The van der Waals surface area contributed by atoms with Crippen LogP contribution in [0.15, 0.2) is 64.7 Å². The summed E-state index contributed by atoms with van der Waals surface area (Å²) in [6, 6.07) is 8.30. The molecule has 0 amide bonds. The van der Waals surface area contributed by atoms with Gasteiger partial charge in [0.1, 0.15) is 40.8 Å². The molecule has 5 rings (SSSR count). The third-order valence-electron chi connectivity index (χ3n) is 9.00. The maximum atomic E-state index is 14.6. The molecule has 0 unspecified atom stereocenters. The number of hydrogen-bond acceptors (Lipinski definition) is 5. The Balaban J connectivity index is 1.46. The Morgan fingerprint density at radius 2 is 1.46 bits per heavy atom. The molecule has 2 aromatic carbocycles. The van der Waals surface area contributed by atoms with Crippen molar-refractivity contribution in [3.05, 3.63) is 104 Å². The van der Waals surface area contributed by atoms with E-state index in [4.69, 9.17) is 9.47 Å². The Kier molecular flexibility index (Phi) is 9.48. The fourth-order valence-corrected chi connectivity index (χ4v) is 6.37. The van der Waals surface area contributed by atoms with Crippen molar-refractivity contribution in [1.82, 2.24) is 9.13 Å². The maximum Gasteiger partial charge on any atom is 0.264 e. The Labute approximate surface area is 279 Å². The number of nitrogens with one attached hydrogen (secondary N) is 1. The second-order valence-corrected chi connectivity index (χ2v) is 13.2. The van der Waals surface area contributed by atoms with E-state index in [9.17, 15) is 18.4 Å². The van der Waals surface area contributed by atoms with E-state index in [2.05, 4.69) is 26.1 Å². The molecular formula is C38H43F2N4O4+. The first kappa shape index (κ1) is 34.3. The fourth-order valence-electron chi connectivity index (χ4n) is 6.37. The number of pyridine rings is 3. The van der Waals surface area contributed by atoms with Crippen LogP contribution in [0.2, 0.25) is 0 Å². The van der Waals surface area contributed by atoms with Crippen LogP contribution in [-0.2, 0) is 25.6 Å². The average Bonchev–Trinajstić information content (AvgIpc) is 3.05. The Morgan fingerprint density at radius 3 is 2.02 bits per heavy atom. The lowest BCUT2D eigenvalue weighted by molar-refractivity contribution is -0.696. The van der Waals surface area contributed by atoms with E-state index in [0.29, 0.717) is 47.0 Å². The molecule has 0 atom stereocenters. The van der Waals surface area contributed by atoms with Crippen LogP contribution in [0.5, 0.6) is 11.5 Å². The molecular weight excluding hydrogens is 614 g/mol. The molecule has 0 fully saturated rings. The zero-order chi connectivity index (χ0) is 35.1. The molecule has 3 heterocycles. The fraction of sp³-hybridized carbons (Fsp3) is 0.342. The van der Waals surface area contributed by atoms with Gasteiger partial charge in [0.15, 0.2) is 12.4 Å². The lowest BCUT2D eigenvalue weighted by Gasteiger charge is -2.26. The van der Waals surface area contributed by atoms with Gasteiger partial charge in [-0.15, -0.1) is 0 Å². The van der Waals surface area contributed by atoms with Crippen LogP contribution in [0.1, 0.15) is 43.9 Å². The maximum absolute atomic E-state index is 14.6. The standard InChI is InChI=1S/C38H43F2N4O4/c1-22-23(2)36(45)44(21-27(22)25-17-32(47-8)34(38(3,4)5)33(18-25)48-9)13-10-12-43-14-11-26-28(19-42(7)37(46)29(26)20-43)24-15-30(39)35(41-6)31(40)16-24/h11,14-21,41H,10,12-13H2,1-9H3/q+1. The minimum Gasteiger partial charge on any atom is -0.496 e. The van der Waals surface area contributed by atoms with Gasteiger partial charge < -0.3 is 23.9 Å². The number of halogens is 2. The third kappa shape index (κ3) is 6.31. The van der Waals surface area contributed by atoms with Crippen LogP contribution >= 0.6 is 0 Å². The zero-order valence-corrected chi connectivity index (χ0v) is 29.0. The summed E-state index contributed by atoms with van der Waals surface area (Å²) in [5.74, 6) is 0.00805. The molecule has 0 bridgehead atoms. The summed E-state index contributed by atoms with van der Waals surface area (Å²) in [4.78, 5) is 26.5. The lowest BCUT2D eigenvalue weighted by Crippen LogP contribution is -2.35. The molecule has 0 spiro atoms. The van der Waals surface area contributed by atoms with Crippen LogP contribution in [0, 0.1) is 25.5 Å². The molecule has 5 aromatic rings. The molecule has 252 valence electrons. The molecule has 8 nitrogen and oxygen atoms in total. The van der Waals surface area contributed by atoms with Crippen molar-refractivity contribution in [2.75, 3.05) is 26.6 Å². The molecule has 0 aliphatic heterocycles. The first-order valence-electron chi connectivity index (χ1n) is 15.9. The highest BCUT2D eigenvalue weighted by Gasteiger charge is 2.26.